The lowest BCUT2D eigenvalue weighted by atomic mass is 10.0. The zero-order chi connectivity index (χ0) is 61.1. The molecule has 0 aliphatic carbocycles. The smallest absolute Gasteiger partial charge is 0.200 e. The van der Waals surface area contributed by atoms with E-state index in [1.807, 2.05) is 0 Å². The first-order valence-electron chi connectivity index (χ1n) is 23.2. The molecule has 430 valence electrons. The Morgan fingerprint density at radius 2 is 0.518 bits per heavy atom. The zero-order valence-corrected chi connectivity index (χ0v) is 39.9. The molecule has 8 heterocycles. The van der Waals surface area contributed by atoms with Crippen molar-refractivity contribution in [2.24, 2.45) is 0 Å². The monoisotopic (exact) mass is 1220 g/mol. The van der Waals surface area contributed by atoms with Crippen molar-refractivity contribution in [2.75, 3.05) is 0 Å². The van der Waals surface area contributed by atoms with Crippen LogP contribution in [-0.4, -0.2) is 23.8 Å². The van der Waals surface area contributed by atoms with Crippen LogP contribution in [0.4, 0.5) is 110 Å². The molecule has 2 N–H and O–H groups in total. The van der Waals surface area contributed by atoms with Crippen LogP contribution >= 0.6 is 0 Å². The molecule has 0 fully saturated rings. The lowest BCUT2D eigenvalue weighted by Crippen LogP contribution is -2.05. The molecular weight excluding hydrogens is 1210 g/mol. The van der Waals surface area contributed by atoms with E-state index >= 15 is 87.8 Å². The van der Waals surface area contributed by atoms with E-state index < -0.39 is 267 Å². The second kappa shape index (κ2) is 18.1. The molecule has 5 aromatic carbocycles. The molecule has 13 rings (SSSR count). The van der Waals surface area contributed by atoms with E-state index in [9.17, 15) is 22.0 Å². The normalized spacial score (nSPS) is 12.3. The Balaban J connectivity index is 1.40. The third-order valence-corrected chi connectivity index (χ3v) is 14.4. The minimum atomic E-state index is -2.88. The molecule has 0 aliphatic heterocycles. The summed E-state index contributed by atoms with van der Waals surface area (Å²) in [6.45, 7) is 0. The van der Waals surface area contributed by atoms with Crippen molar-refractivity contribution < 1.29 is 110 Å². The maximum Gasteiger partial charge on any atom is 0.200 e. The summed E-state index contributed by atoms with van der Waals surface area (Å²) in [5.41, 5.74) is -29.4. The number of hydrogen-bond acceptors (Lipinski definition) is 1. The van der Waals surface area contributed by atoms with E-state index in [0.717, 1.165) is 0 Å². The van der Waals surface area contributed by atoms with Crippen LogP contribution in [0.3, 0.4) is 0 Å². The molecule has 0 amide bonds. The van der Waals surface area contributed by atoms with Gasteiger partial charge < -0.3 is 14.4 Å². The Morgan fingerprint density at radius 3 is 0.906 bits per heavy atom. The van der Waals surface area contributed by atoms with Gasteiger partial charge in [0.25, 0.3) is 0 Å². The van der Waals surface area contributed by atoms with Crippen LogP contribution in [0, 0.1) is 145 Å². The maximum absolute atomic E-state index is 16.7. The van der Waals surface area contributed by atoms with Crippen molar-refractivity contribution >= 4 is 66.2 Å². The van der Waals surface area contributed by atoms with Gasteiger partial charge in [-0.15, -0.1) is 0 Å². The van der Waals surface area contributed by atoms with Gasteiger partial charge in [0.1, 0.15) is 5.65 Å². The maximum atomic E-state index is 16.7. The Kier molecular flexibility index (Phi) is 11.5. The lowest BCUT2D eigenvalue weighted by molar-refractivity contribution is 0.381. The van der Waals surface area contributed by atoms with Crippen molar-refractivity contribution in [1.29, 1.82) is 0 Å². The number of rotatable bonds is 5. The number of aromatic nitrogens is 5. The summed E-state index contributed by atoms with van der Waals surface area (Å²) in [6.07, 6.45) is 0. The van der Waals surface area contributed by atoms with Crippen LogP contribution in [0.25, 0.3) is 122 Å². The van der Waals surface area contributed by atoms with Crippen molar-refractivity contribution in [3.05, 3.63) is 194 Å². The van der Waals surface area contributed by atoms with Crippen LogP contribution < -0.4 is 0 Å². The second-order valence-corrected chi connectivity index (χ2v) is 18.6. The standard InChI is InChI=1S/C55H10F25N5/c56-29-24(30(57)40(67)49(76)39(29)66)19-9-7-12-20(25-31(58)41(68)50(77)42(69)32(25)59)10-1-2-11(81-10)21(26-33(60)43(70)51(78)44(71)34(26)61)15-4-6-17-23(28-37(64)47(74)53(80)48(75)38(28)65)54-18(84(15)17)8-13(82-54)22(16-5-3-14(19)85(16)55(9)83-12)27-35(62)45(72)52(79)46(73)36(27)63/h1-8,81-82H. The average molecular weight is 1220 g/mol. The van der Waals surface area contributed by atoms with E-state index in [1.165, 1.54) is 0 Å². The lowest BCUT2D eigenvalue weighted by Gasteiger charge is -2.11. The Morgan fingerprint density at radius 1 is 0.235 bits per heavy atom. The number of nitrogens with one attached hydrogen (secondary N) is 2. The third kappa shape index (κ3) is 6.85. The number of nitrogens with zero attached hydrogens (tertiary/aromatic N) is 3. The summed E-state index contributed by atoms with van der Waals surface area (Å²) in [4.78, 5) is 8.62. The second-order valence-electron chi connectivity index (χ2n) is 18.6. The summed E-state index contributed by atoms with van der Waals surface area (Å²) < 4.78 is 393. The van der Waals surface area contributed by atoms with Gasteiger partial charge in [-0.05, 0) is 48.5 Å². The first-order valence-corrected chi connectivity index (χ1v) is 23.2. The van der Waals surface area contributed by atoms with Crippen molar-refractivity contribution in [3.8, 4) is 55.6 Å². The molecule has 85 heavy (non-hydrogen) atoms. The molecule has 0 radical (unpaired) electrons. The van der Waals surface area contributed by atoms with Crippen molar-refractivity contribution in [1.82, 2.24) is 23.8 Å². The highest BCUT2D eigenvalue weighted by molar-refractivity contribution is 6.15. The molecule has 8 aromatic heterocycles. The molecule has 0 spiro atoms. The number of halogens is 25. The molecule has 13 aromatic rings. The van der Waals surface area contributed by atoms with E-state index in [-0.39, 0.29) is 0 Å². The van der Waals surface area contributed by atoms with Gasteiger partial charge in [0.05, 0.1) is 72.0 Å². The van der Waals surface area contributed by atoms with Crippen LogP contribution in [0.2, 0.25) is 0 Å². The van der Waals surface area contributed by atoms with Crippen LogP contribution in [0.15, 0.2) is 48.5 Å². The summed E-state index contributed by atoms with van der Waals surface area (Å²) in [5, 5.41) is -1.07. The first kappa shape index (κ1) is 54.4. The van der Waals surface area contributed by atoms with Gasteiger partial charge >= 0.3 is 0 Å². The van der Waals surface area contributed by atoms with Crippen LogP contribution in [0.1, 0.15) is 0 Å². The molecule has 0 saturated carbocycles. The van der Waals surface area contributed by atoms with E-state index in [0.29, 0.717) is 57.3 Å². The quantitative estimate of drug-likeness (QED) is 0.101. The highest BCUT2D eigenvalue weighted by Gasteiger charge is 2.38. The van der Waals surface area contributed by atoms with Gasteiger partial charge in [0.2, 0.25) is 29.1 Å². The molecular formula is C55H10F25N5. The topological polar surface area (TPSA) is 53.3 Å². The number of fused-ring (bicyclic) bond motifs is 4. The minimum Gasteiger partial charge on any atom is -0.354 e. The predicted octanol–water partition coefficient (Wildman–Crippen LogP) is 17.8. The Hall–Kier alpha value is -9.90. The summed E-state index contributed by atoms with van der Waals surface area (Å²) in [6, 6.07) is 4.23. The third-order valence-electron chi connectivity index (χ3n) is 14.4. The average Bonchev–Trinajstić information content (AvgIpc) is 1.59. The van der Waals surface area contributed by atoms with Crippen molar-refractivity contribution in [3.63, 3.8) is 0 Å². The predicted molar refractivity (Wildman–Crippen MR) is 249 cm³/mol. The molecule has 5 nitrogen and oxygen atoms in total. The summed E-state index contributed by atoms with van der Waals surface area (Å²) >= 11 is 0. The molecule has 0 atom stereocenters. The van der Waals surface area contributed by atoms with E-state index in [2.05, 4.69) is 15.0 Å². The van der Waals surface area contributed by atoms with Gasteiger partial charge in [0, 0.05) is 44.2 Å². The molecule has 0 unspecified atom stereocenters. The fraction of sp³-hybridized carbons (Fsp3) is 0. The first-order chi connectivity index (χ1) is 40.1. The number of benzene rings is 5. The van der Waals surface area contributed by atoms with Gasteiger partial charge in [-0.3, -0.25) is 4.40 Å². The number of hydrogen-bond donors (Lipinski definition) is 2. The SMILES string of the molecule is Fc1c(F)c(F)c(-c2c3cc4c(-c5c(F)c(F)c(F)c(F)c5F)c5ccc(c(-c6c(F)c(F)c(F)c(F)c6F)c6cc7c([nH]6)c(-c6c(F)c(F)c(F)c(F)c6F)c6ccc(c(-c8c(F)c(F)c(F)c(F)c8F)c8ccc2[nH]8)n67)n5c4n3)c(F)c1F. The van der Waals surface area contributed by atoms with Crippen LogP contribution in [0.5, 0.6) is 0 Å². The highest BCUT2D eigenvalue weighted by Crippen LogP contribution is 2.50. The minimum absolute atomic E-state index is 0.365. The van der Waals surface area contributed by atoms with Gasteiger partial charge in [-0.2, -0.15) is 0 Å². The highest BCUT2D eigenvalue weighted by atomic mass is 19.2. The Labute approximate surface area is 448 Å². The van der Waals surface area contributed by atoms with Gasteiger partial charge in [-0.25, -0.2) is 115 Å². The molecule has 0 aliphatic rings. The number of aromatic amines is 2. The summed E-state index contributed by atoms with van der Waals surface area (Å²) in [7, 11) is 0. The van der Waals surface area contributed by atoms with Crippen LogP contribution in [-0.2, 0) is 0 Å². The molecule has 0 saturated heterocycles. The zero-order valence-electron chi connectivity index (χ0n) is 39.9. The summed E-state index contributed by atoms with van der Waals surface area (Å²) in [5.74, 6) is -69.3. The molecule has 6 bridgehead atoms. The fourth-order valence-electron chi connectivity index (χ4n) is 10.8. The Bertz CT molecular complexity index is 5180. The number of H-pyrrole nitrogens is 2. The van der Waals surface area contributed by atoms with Gasteiger partial charge in [0.15, 0.2) is 116 Å². The largest absolute Gasteiger partial charge is 0.354 e. The van der Waals surface area contributed by atoms with E-state index in [4.69, 9.17) is 0 Å². The van der Waals surface area contributed by atoms with E-state index in [1.54, 1.807) is 0 Å². The fourth-order valence-corrected chi connectivity index (χ4v) is 10.8. The van der Waals surface area contributed by atoms with Crippen molar-refractivity contribution in [2.45, 2.75) is 0 Å². The van der Waals surface area contributed by atoms with Gasteiger partial charge in [-0.1, -0.05) is 0 Å². The molecule has 30 heteroatoms.